The Hall–Kier alpha value is -1.65. The minimum Gasteiger partial charge on any atom is -0.207 e. The molecule has 0 aromatic heterocycles. The molecule has 0 aliphatic heterocycles. The van der Waals surface area contributed by atoms with Gasteiger partial charge in [-0.3, -0.25) is 0 Å². The summed E-state index contributed by atoms with van der Waals surface area (Å²) >= 11 is 0. The molecule has 2 aromatic rings. The van der Waals surface area contributed by atoms with E-state index >= 15 is 0 Å². The molecular weight excluding hydrogens is 270 g/mol. The third kappa shape index (κ3) is 2.49. The van der Waals surface area contributed by atoms with Crippen molar-refractivity contribution in [2.24, 2.45) is 0 Å². The largest absolute Gasteiger partial charge is 0.241 e. The van der Waals surface area contributed by atoms with Crippen molar-refractivity contribution in [1.29, 1.82) is 0 Å². The molecule has 0 heterocycles. The van der Waals surface area contributed by atoms with Crippen molar-refractivity contribution >= 4 is 10.0 Å². The van der Waals surface area contributed by atoms with Crippen molar-refractivity contribution in [2.75, 3.05) is 0 Å². The molecule has 1 aliphatic rings. The van der Waals surface area contributed by atoms with E-state index in [-0.39, 0.29) is 6.04 Å². The Labute approximate surface area is 119 Å². The SMILES string of the molecule is Cc1cccc(S(=O)(=O)NC2CCc3ccccc32)c1. The maximum absolute atomic E-state index is 12.4. The molecule has 4 heteroatoms. The van der Waals surface area contributed by atoms with Crippen LogP contribution in [-0.4, -0.2) is 8.42 Å². The van der Waals surface area contributed by atoms with Gasteiger partial charge in [-0.2, -0.15) is 0 Å². The van der Waals surface area contributed by atoms with Gasteiger partial charge in [-0.1, -0.05) is 36.4 Å². The zero-order chi connectivity index (χ0) is 14.2. The Morgan fingerprint density at radius 1 is 1.10 bits per heavy atom. The number of fused-ring (bicyclic) bond motifs is 1. The molecule has 1 unspecified atom stereocenters. The number of aryl methyl sites for hydroxylation is 2. The standard InChI is InChI=1S/C16H17NO2S/c1-12-5-4-7-14(11-12)20(18,19)17-16-10-9-13-6-2-3-8-15(13)16/h2-8,11,16-17H,9-10H2,1H3. The molecule has 0 saturated heterocycles. The van der Waals surface area contributed by atoms with Crippen LogP contribution in [0, 0.1) is 6.92 Å². The second-order valence-corrected chi connectivity index (χ2v) is 6.94. The summed E-state index contributed by atoms with van der Waals surface area (Å²) in [7, 11) is -3.46. The van der Waals surface area contributed by atoms with Crippen LogP contribution in [0.1, 0.15) is 29.2 Å². The van der Waals surface area contributed by atoms with Crippen molar-refractivity contribution in [1.82, 2.24) is 4.72 Å². The maximum atomic E-state index is 12.4. The Morgan fingerprint density at radius 3 is 2.70 bits per heavy atom. The van der Waals surface area contributed by atoms with E-state index in [1.54, 1.807) is 18.2 Å². The Kier molecular flexibility index (Phi) is 3.36. The highest BCUT2D eigenvalue weighted by atomic mass is 32.2. The van der Waals surface area contributed by atoms with Gasteiger partial charge < -0.3 is 0 Å². The van der Waals surface area contributed by atoms with Gasteiger partial charge in [0.05, 0.1) is 4.90 Å². The van der Waals surface area contributed by atoms with Crippen molar-refractivity contribution in [2.45, 2.75) is 30.7 Å². The molecule has 0 spiro atoms. The predicted molar refractivity (Wildman–Crippen MR) is 79.0 cm³/mol. The third-order valence-electron chi connectivity index (χ3n) is 3.73. The van der Waals surface area contributed by atoms with E-state index in [1.165, 1.54) is 5.56 Å². The van der Waals surface area contributed by atoms with E-state index < -0.39 is 10.0 Å². The van der Waals surface area contributed by atoms with Crippen LogP contribution in [0.25, 0.3) is 0 Å². The fourth-order valence-electron chi connectivity index (χ4n) is 2.72. The number of sulfonamides is 1. The second-order valence-electron chi connectivity index (χ2n) is 5.23. The van der Waals surface area contributed by atoms with E-state index in [0.717, 1.165) is 24.0 Å². The zero-order valence-electron chi connectivity index (χ0n) is 11.3. The molecule has 0 fully saturated rings. The first-order chi connectivity index (χ1) is 9.56. The first kappa shape index (κ1) is 13.3. The lowest BCUT2D eigenvalue weighted by Gasteiger charge is -2.14. The minimum atomic E-state index is -3.46. The van der Waals surface area contributed by atoms with Crippen LogP contribution >= 0.6 is 0 Å². The van der Waals surface area contributed by atoms with Crippen molar-refractivity contribution in [3.05, 3.63) is 65.2 Å². The average Bonchev–Trinajstić information content (AvgIpc) is 2.82. The van der Waals surface area contributed by atoms with Gasteiger partial charge in [-0.25, -0.2) is 13.1 Å². The average molecular weight is 287 g/mol. The van der Waals surface area contributed by atoms with E-state index in [4.69, 9.17) is 0 Å². The molecule has 0 radical (unpaired) electrons. The summed E-state index contributed by atoms with van der Waals surface area (Å²) in [6, 6.07) is 14.9. The van der Waals surface area contributed by atoms with Gasteiger partial charge in [0.2, 0.25) is 10.0 Å². The topological polar surface area (TPSA) is 46.2 Å². The maximum Gasteiger partial charge on any atom is 0.241 e. The fourth-order valence-corrected chi connectivity index (χ4v) is 4.07. The molecule has 0 bridgehead atoms. The summed E-state index contributed by atoms with van der Waals surface area (Å²) in [5.74, 6) is 0. The van der Waals surface area contributed by atoms with Gasteiger partial charge >= 0.3 is 0 Å². The van der Waals surface area contributed by atoms with Crippen LogP contribution in [0.15, 0.2) is 53.4 Å². The summed E-state index contributed by atoms with van der Waals surface area (Å²) < 4.78 is 27.7. The molecule has 0 amide bonds. The molecule has 1 aliphatic carbocycles. The molecule has 2 aromatic carbocycles. The van der Waals surface area contributed by atoms with Crippen LogP contribution in [0.2, 0.25) is 0 Å². The van der Waals surface area contributed by atoms with Gasteiger partial charge in [-0.05, 0) is 48.6 Å². The quantitative estimate of drug-likeness (QED) is 0.943. The van der Waals surface area contributed by atoms with E-state index in [2.05, 4.69) is 10.8 Å². The molecule has 3 nitrogen and oxygen atoms in total. The van der Waals surface area contributed by atoms with Crippen LogP contribution in [-0.2, 0) is 16.4 Å². The van der Waals surface area contributed by atoms with E-state index in [1.807, 2.05) is 31.2 Å². The monoisotopic (exact) mass is 287 g/mol. The van der Waals surface area contributed by atoms with Crippen molar-refractivity contribution in [3.63, 3.8) is 0 Å². The molecule has 1 atom stereocenters. The fraction of sp³-hybridized carbons (Fsp3) is 0.250. The zero-order valence-corrected chi connectivity index (χ0v) is 12.2. The molecule has 0 saturated carbocycles. The van der Waals surface area contributed by atoms with Crippen molar-refractivity contribution in [3.8, 4) is 0 Å². The second kappa shape index (κ2) is 5.04. The Bertz CT molecular complexity index is 738. The van der Waals surface area contributed by atoms with Gasteiger partial charge in [0, 0.05) is 6.04 Å². The summed E-state index contributed by atoms with van der Waals surface area (Å²) in [4.78, 5) is 0.335. The van der Waals surface area contributed by atoms with Crippen LogP contribution in [0.4, 0.5) is 0 Å². The van der Waals surface area contributed by atoms with Gasteiger partial charge in [0.25, 0.3) is 0 Å². The van der Waals surface area contributed by atoms with Gasteiger partial charge in [0.1, 0.15) is 0 Å². The number of hydrogen-bond acceptors (Lipinski definition) is 2. The molecular formula is C16H17NO2S. The predicted octanol–water partition coefficient (Wildman–Crippen LogP) is 2.96. The Morgan fingerprint density at radius 2 is 1.90 bits per heavy atom. The van der Waals surface area contributed by atoms with E-state index in [9.17, 15) is 8.42 Å². The molecule has 20 heavy (non-hydrogen) atoms. The highest BCUT2D eigenvalue weighted by Gasteiger charge is 2.27. The molecule has 104 valence electrons. The third-order valence-corrected chi connectivity index (χ3v) is 5.20. The van der Waals surface area contributed by atoms with Gasteiger partial charge in [0.15, 0.2) is 0 Å². The highest BCUT2D eigenvalue weighted by molar-refractivity contribution is 7.89. The molecule has 1 N–H and O–H groups in total. The summed E-state index contributed by atoms with van der Waals surface area (Å²) in [6.45, 7) is 1.89. The lowest BCUT2D eigenvalue weighted by Crippen LogP contribution is -2.27. The minimum absolute atomic E-state index is 0.114. The lowest BCUT2D eigenvalue weighted by molar-refractivity contribution is 0.554. The lowest BCUT2D eigenvalue weighted by atomic mass is 10.1. The number of hydrogen-bond donors (Lipinski definition) is 1. The van der Waals surface area contributed by atoms with E-state index in [0.29, 0.717) is 4.90 Å². The smallest absolute Gasteiger partial charge is 0.207 e. The number of rotatable bonds is 3. The highest BCUT2D eigenvalue weighted by Crippen LogP contribution is 2.32. The summed E-state index contributed by atoms with van der Waals surface area (Å²) in [5, 5.41) is 0. The first-order valence-corrected chi connectivity index (χ1v) is 8.21. The van der Waals surface area contributed by atoms with Crippen LogP contribution < -0.4 is 4.72 Å². The van der Waals surface area contributed by atoms with Crippen LogP contribution in [0.3, 0.4) is 0 Å². The Balaban J connectivity index is 1.89. The molecule has 3 rings (SSSR count). The summed E-state index contributed by atoms with van der Waals surface area (Å²) in [5.41, 5.74) is 3.29. The van der Waals surface area contributed by atoms with Crippen molar-refractivity contribution < 1.29 is 8.42 Å². The number of nitrogens with one attached hydrogen (secondary N) is 1. The summed E-state index contributed by atoms with van der Waals surface area (Å²) in [6.07, 6.45) is 1.75. The number of benzene rings is 2. The van der Waals surface area contributed by atoms with Gasteiger partial charge in [-0.15, -0.1) is 0 Å². The van der Waals surface area contributed by atoms with Crippen LogP contribution in [0.5, 0.6) is 0 Å². The first-order valence-electron chi connectivity index (χ1n) is 6.73. The normalized spacial score (nSPS) is 17.9.